The van der Waals surface area contributed by atoms with E-state index >= 15 is 0 Å². The van der Waals surface area contributed by atoms with E-state index in [0.29, 0.717) is 0 Å². The highest BCUT2D eigenvalue weighted by Gasteiger charge is 2.04. The molecular formula is C14H20Br2O. The molecule has 0 aromatic heterocycles. The molecule has 0 bridgehead atoms. The van der Waals surface area contributed by atoms with Crippen molar-refractivity contribution < 1.29 is 4.74 Å². The van der Waals surface area contributed by atoms with Crippen LogP contribution in [-0.2, 0) is 0 Å². The summed E-state index contributed by atoms with van der Waals surface area (Å²) in [5.41, 5.74) is 0. The van der Waals surface area contributed by atoms with Gasteiger partial charge >= 0.3 is 0 Å². The highest BCUT2D eigenvalue weighted by atomic mass is 79.9. The van der Waals surface area contributed by atoms with Crippen LogP contribution in [0.3, 0.4) is 0 Å². The smallest absolute Gasteiger partial charge is 0.147 e. The lowest BCUT2D eigenvalue weighted by molar-refractivity contribution is 0.301. The summed E-state index contributed by atoms with van der Waals surface area (Å²) in [5.74, 6) is 0.918. The van der Waals surface area contributed by atoms with Gasteiger partial charge in [0.1, 0.15) is 5.75 Å². The van der Waals surface area contributed by atoms with Gasteiger partial charge in [0.15, 0.2) is 0 Å². The van der Waals surface area contributed by atoms with Crippen LogP contribution in [0.5, 0.6) is 5.75 Å². The third-order valence-corrected chi connectivity index (χ3v) is 3.91. The van der Waals surface area contributed by atoms with Crippen LogP contribution in [0.25, 0.3) is 0 Å². The van der Waals surface area contributed by atoms with Crippen LogP contribution in [0.4, 0.5) is 0 Å². The van der Waals surface area contributed by atoms with Gasteiger partial charge < -0.3 is 4.74 Å². The van der Waals surface area contributed by atoms with Crippen molar-refractivity contribution in [2.75, 3.05) is 6.61 Å². The largest absolute Gasteiger partial charge is 0.491 e. The summed E-state index contributed by atoms with van der Waals surface area (Å²) in [7, 11) is 0. The molecule has 3 heteroatoms. The fourth-order valence-corrected chi connectivity index (χ4v) is 2.90. The van der Waals surface area contributed by atoms with E-state index < -0.39 is 0 Å². The van der Waals surface area contributed by atoms with Crippen LogP contribution in [0.1, 0.15) is 45.4 Å². The Labute approximate surface area is 121 Å². The monoisotopic (exact) mass is 362 g/mol. The van der Waals surface area contributed by atoms with Crippen LogP contribution in [-0.4, -0.2) is 6.61 Å². The Hall–Kier alpha value is -0.0200. The highest BCUT2D eigenvalue weighted by Crippen LogP contribution is 2.33. The molecule has 0 saturated heterocycles. The second-order valence-electron chi connectivity index (χ2n) is 4.17. The molecule has 0 heterocycles. The molecule has 0 unspecified atom stereocenters. The molecule has 96 valence electrons. The summed E-state index contributed by atoms with van der Waals surface area (Å²) in [5, 5.41) is 0. The minimum Gasteiger partial charge on any atom is -0.491 e. The number of rotatable bonds is 8. The second kappa shape index (κ2) is 8.98. The quantitative estimate of drug-likeness (QED) is 0.518. The topological polar surface area (TPSA) is 9.23 Å². The van der Waals surface area contributed by atoms with Crippen molar-refractivity contribution >= 4 is 31.9 Å². The molecule has 0 radical (unpaired) electrons. The van der Waals surface area contributed by atoms with Gasteiger partial charge in [-0.1, -0.05) is 45.1 Å². The molecule has 0 aliphatic heterocycles. The molecule has 1 aromatic rings. The SMILES string of the molecule is CCCCCCCCOc1c(Br)cccc1Br. The summed E-state index contributed by atoms with van der Waals surface area (Å²) >= 11 is 6.99. The zero-order chi connectivity index (χ0) is 12.5. The van der Waals surface area contributed by atoms with E-state index in [2.05, 4.69) is 38.8 Å². The first-order chi connectivity index (χ1) is 8.25. The van der Waals surface area contributed by atoms with Crippen LogP contribution >= 0.6 is 31.9 Å². The number of hydrogen-bond donors (Lipinski definition) is 0. The van der Waals surface area contributed by atoms with Crippen molar-refractivity contribution in [2.45, 2.75) is 45.4 Å². The number of halogens is 2. The van der Waals surface area contributed by atoms with Crippen LogP contribution in [0.15, 0.2) is 27.1 Å². The Morgan fingerprint density at radius 1 is 0.941 bits per heavy atom. The van der Waals surface area contributed by atoms with Crippen LogP contribution < -0.4 is 4.74 Å². The zero-order valence-electron chi connectivity index (χ0n) is 10.3. The first-order valence-corrected chi connectivity index (χ1v) is 7.91. The van der Waals surface area contributed by atoms with Crippen molar-refractivity contribution in [3.8, 4) is 5.75 Å². The van der Waals surface area contributed by atoms with Crippen molar-refractivity contribution in [2.24, 2.45) is 0 Å². The van der Waals surface area contributed by atoms with Crippen molar-refractivity contribution in [1.82, 2.24) is 0 Å². The maximum atomic E-state index is 5.78. The van der Waals surface area contributed by atoms with E-state index in [-0.39, 0.29) is 0 Å². The molecule has 0 fully saturated rings. The normalized spacial score (nSPS) is 10.5. The van der Waals surface area contributed by atoms with Gasteiger partial charge in [0.25, 0.3) is 0 Å². The molecule has 0 aliphatic carbocycles. The Bertz CT molecular complexity index is 306. The molecule has 0 amide bonds. The summed E-state index contributed by atoms with van der Waals surface area (Å²) in [4.78, 5) is 0. The van der Waals surface area contributed by atoms with Crippen LogP contribution in [0.2, 0.25) is 0 Å². The Balaban J connectivity index is 2.18. The van der Waals surface area contributed by atoms with Gasteiger partial charge in [0, 0.05) is 0 Å². The first kappa shape index (κ1) is 15.0. The third kappa shape index (κ3) is 5.91. The summed E-state index contributed by atoms with van der Waals surface area (Å²) in [6.07, 6.45) is 7.75. The molecule has 1 rings (SSSR count). The van der Waals surface area contributed by atoms with E-state index in [1.807, 2.05) is 18.2 Å². The molecule has 0 N–H and O–H groups in total. The maximum Gasteiger partial charge on any atom is 0.147 e. The van der Waals surface area contributed by atoms with E-state index in [4.69, 9.17) is 4.74 Å². The highest BCUT2D eigenvalue weighted by molar-refractivity contribution is 9.11. The predicted octanol–water partition coefficient (Wildman–Crippen LogP) is 5.95. The van der Waals surface area contributed by atoms with E-state index in [9.17, 15) is 0 Å². The number of hydrogen-bond acceptors (Lipinski definition) is 1. The molecule has 0 atom stereocenters. The van der Waals surface area contributed by atoms with Gasteiger partial charge in [-0.3, -0.25) is 0 Å². The fourth-order valence-electron chi connectivity index (χ4n) is 1.68. The third-order valence-electron chi connectivity index (χ3n) is 2.66. The standard InChI is InChI=1S/C14H20Br2O/c1-2-3-4-5-6-7-11-17-14-12(15)9-8-10-13(14)16/h8-10H,2-7,11H2,1H3. The van der Waals surface area contributed by atoms with Crippen molar-refractivity contribution in [1.29, 1.82) is 0 Å². The average Bonchev–Trinajstić information content (AvgIpc) is 2.31. The van der Waals surface area contributed by atoms with Gasteiger partial charge in [-0.05, 0) is 50.4 Å². The van der Waals surface area contributed by atoms with E-state index in [1.165, 1.54) is 32.1 Å². The summed E-state index contributed by atoms with van der Waals surface area (Å²) < 4.78 is 7.80. The first-order valence-electron chi connectivity index (χ1n) is 6.32. The number of para-hydroxylation sites is 1. The average molecular weight is 364 g/mol. The zero-order valence-corrected chi connectivity index (χ0v) is 13.5. The lowest BCUT2D eigenvalue weighted by Gasteiger charge is -2.09. The fraction of sp³-hybridized carbons (Fsp3) is 0.571. The molecule has 0 aliphatic rings. The van der Waals surface area contributed by atoms with Gasteiger partial charge in [0.05, 0.1) is 15.6 Å². The maximum absolute atomic E-state index is 5.78. The number of unbranched alkanes of at least 4 members (excludes halogenated alkanes) is 5. The molecular weight excluding hydrogens is 344 g/mol. The molecule has 0 saturated carbocycles. The van der Waals surface area contributed by atoms with E-state index in [1.54, 1.807) is 0 Å². The Kier molecular flexibility index (Phi) is 7.95. The number of benzene rings is 1. The number of ether oxygens (including phenoxy) is 1. The van der Waals surface area contributed by atoms with Gasteiger partial charge in [-0.15, -0.1) is 0 Å². The molecule has 1 nitrogen and oxygen atoms in total. The van der Waals surface area contributed by atoms with Gasteiger partial charge in [-0.25, -0.2) is 0 Å². The van der Waals surface area contributed by atoms with Crippen molar-refractivity contribution in [3.63, 3.8) is 0 Å². The van der Waals surface area contributed by atoms with Crippen molar-refractivity contribution in [3.05, 3.63) is 27.1 Å². The lowest BCUT2D eigenvalue weighted by Crippen LogP contribution is -1.98. The van der Waals surface area contributed by atoms with Gasteiger partial charge in [-0.2, -0.15) is 0 Å². The summed E-state index contributed by atoms with van der Waals surface area (Å²) in [6, 6.07) is 5.99. The van der Waals surface area contributed by atoms with Gasteiger partial charge in [0.2, 0.25) is 0 Å². The Morgan fingerprint density at radius 3 is 2.18 bits per heavy atom. The minimum atomic E-state index is 0.799. The molecule has 1 aromatic carbocycles. The minimum absolute atomic E-state index is 0.799. The Morgan fingerprint density at radius 2 is 1.53 bits per heavy atom. The summed E-state index contributed by atoms with van der Waals surface area (Å²) in [6.45, 7) is 3.04. The lowest BCUT2D eigenvalue weighted by atomic mass is 10.1. The van der Waals surface area contributed by atoms with Crippen LogP contribution in [0, 0.1) is 0 Å². The molecule has 17 heavy (non-hydrogen) atoms. The predicted molar refractivity (Wildman–Crippen MR) is 80.7 cm³/mol. The second-order valence-corrected chi connectivity index (χ2v) is 5.88. The van der Waals surface area contributed by atoms with E-state index in [0.717, 1.165) is 27.7 Å². The molecule has 0 spiro atoms.